The van der Waals surface area contributed by atoms with Gasteiger partial charge >= 0.3 is 5.97 Å². The van der Waals surface area contributed by atoms with Crippen LogP contribution >= 0.6 is 0 Å². The normalized spacial score (nSPS) is 11.8. The average molecular weight is 225 g/mol. The number of ether oxygens (including phenoxy) is 1. The molecular weight excluding hydrogens is 214 g/mol. The number of carboxylic acid groups (broad SMARTS) is 1. The van der Waals surface area contributed by atoms with Gasteiger partial charge in [-0.2, -0.15) is 0 Å². The summed E-state index contributed by atoms with van der Waals surface area (Å²) in [5, 5.41) is 19.0. The minimum Gasteiger partial charge on any atom is -0.490 e. The highest BCUT2D eigenvalue weighted by Crippen LogP contribution is 2.20. The minimum absolute atomic E-state index is 0.0833. The Morgan fingerprint density at radius 3 is 2.88 bits per heavy atom. The van der Waals surface area contributed by atoms with E-state index in [-0.39, 0.29) is 12.1 Å². The molecule has 6 heteroatoms. The molecule has 0 aromatic heterocycles. The molecule has 0 saturated carbocycles. The summed E-state index contributed by atoms with van der Waals surface area (Å²) in [4.78, 5) is 20.3. The van der Waals surface area contributed by atoms with Gasteiger partial charge < -0.3 is 9.84 Å². The van der Waals surface area contributed by atoms with E-state index in [4.69, 9.17) is 9.84 Å². The summed E-state index contributed by atoms with van der Waals surface area (Å²) in [6.07, 6.45) is -0.678. The number of nitrogens with zero attached hydrogens (tertiary/aromatic N) is 1. The molecule has 0 radical (unpaired) electrons. The van der Waals surface area contributed by atoms with Crippen LogP contribution in [0.1, 0.15) is 13.3 Å². The quantitative estimate of drug-likeness (QED) is 0.609. The maximum absolute atomic E-state index is 10.5. The van der Waals surface area contributed by atoms with Crippen LogP contribution in [-0.2, 0) is 4.79 Å². The van der Waals surface area contributed by atoms with Crippen LogP contribution in [0, 0.1) is 10.1 Å². The van der Waals surface area contributed by atoms with Crippen molar-refractivity contribution in [1.29, 1.82) is 0 Å². The lowest BCUT2D eigenvalue weighted by Crippen LogP contribution is -2.16. The predicted octanol–water partition coefficient (Wildman–Crippen LogP) is 1.84. The van der Waals surface area contributed by atoms with Gasteiger partial charge in [0.25, 0.3) is 5.69 Å². The minimum atomic E-state index is -0.974. The standard InChI is InChI=1S/C10H11NO5/c1-7(5-10(12)13)16-9-4-2-3-8(6-9)11(14)15/h2-4,6-7H,5H2,1H3,(H,12,13)/t7-/m0/s1. The summed E-state index contributed by atoms with van der Waals surface area (Å²) in [7, 11) is 0. The first-order valence-electron chi connectivity index (χ1n) is 4.62. The molecule has 1 atom stereocenters. The molecule has 1 aromatic rings. The molecule has 6 nitrogen and oxygen atoms in total. The highest BCUT2D eigenvalue weighted by molar-refractivity contribution is 5.67. The van der Waals surface area contributed by atoms with Gasteiger partial charge in [-0.1, -0.05) is 6.07 Å². The molecule has 0 amide bonds. The number of non-ortho nitro benzene ring substituents is 1. The molecule has 0 unspecified atom stereocenters. The highest BCUT2D eigenvalue weighted by Gasteiger charge is 2.11. The van der Waals surface area contributed by atoms with Crippen LogP contribution in [0.15, 0.2) is 24.3 Å². The second kappa shape index (κ2) is 5.11. The molecule has 1 rings (SSSR count). The third-order valence-corrected chi connectivity index (χ3v) is 1.83. The first-order chi connectivity index (χ1) is 7.49. The number of carbonyl (C=O) groups is 1. The van der Waals surface area contributed by atoms with Crippen LogP contribution in [-0.4, -0.2) is 22.1 Å². The van der Waals surface area contributed by atoms with E-state index in [0.717, 1.165) is 0 Å². The third-order valence-electron chi connectivity index (χ3n) is 1.83. The fourth-order valence-corrected chi connectivity index (χ4v) is 1.19. The maximum atomic E-state index is 10.5. The zero-order valence-corrected chi connectivity index (χ0v) is 8.62. The Bertz CT molecular complexity index is 404. The van der Waals surface area contributed by atoms with Crippen molar-refractivity contribution < 1.29 is 19.6 Å². The summed E-state index contributed by atoms with van der Waals surface area (Å²) in [5.74, 6) is -0.680. The summed E-state index contributed by atoms with van der Waals surface area (Å²) in [5.41, 5.74) is -0.0833. The van der Waals surface area contributed by atoms with Crippen LogP contribution in [0.4, 0.5) is 5.69 Å². The molecule has 0 bridgehead atoms. The molecule has 0 heterocycles. The number of rotatable bonds is 5. The zero-order chi connectivity index (χ0) is 12.1. The molecule has 86 valence electrons. The highest BCUT2D eigenvalue weighted by atomic mass is 16.6. The number of carboxylic acids is 1. The number of benzene rings is 1. The molecule has 0 spiro atoms. The van der Waals surface area contributed by atoms with E-state index in [9.17, 15) is 14.9 Å². The Balaban J connectivity index is 2.70. The average Bonchev–Trinajstić information content (AvgIpc) is 2.16. The van der Waals surface area contributed by atoms with Crippen LogP contribution in [0.3, 0.4) is 0 Å². The Labute approximate surface area is 91.6 Å². The van der Waals surface area contributed by atoms with E-state index in [1.165, 1.54) is 18.2 Å². The Morgan fingerprint density at radius 2 is 2.31 bits per heavy atom. The van der Waals surface area contributed by atoms with Crippen molar-refractivity contribution in [1.82, 2.24) is 0 Å². The zero-order valence-electron chi connectivity index (χ0n) is 8.62. The van der Waals surface area contributed by atoms with E-state index in [0.29, 0.717) is 5.75 Å². The van der Waals surface area contributed by atoms with Crippen molar-refractivity contribution in [2.45, 2.75) is 19.4 Å². The Kier molecular flexibility index (Phi) is 3.82. The number of hydrogen-bond donors (Lipinski definition) is 1. The van der Waals surface area contributed by atoms with Gasteiger partial charge in [-0.05, 0) is 13.0 Å². The van der Waals surface area contributed by atoms with Gasteiger partial charge in [0.05, 0.1) is 17.4 Å². The van der Waals surface area contributed by atoms with Crippen molar-refractivity contribution in [2.75, 3.05) is 0 Å². The largest absolute Gasteiger partial charge is 0.490 e. The summed E-state index contributed by atoms with van der Waals surface area (Å²) in [6, 6.07) is 5.64. The molecule has 16 heavy (non-hydrogen) atoms. The summed E-state index contributed by atoms with van der Waals surface area (Å²) >= 11 is 0. The van der Waals surface area contributed by atoms with Crippen LogP contribution in [0.2, 0.25) is 0 Å². The number of aliphatic carboxylic acids is 1. The molecule has 0 aliphatic heterocycles. The third kappa shape index (κ3) is 3.56. The van der Waals surface area contributed by atoms with Crippen molar-refractivity contribution >= 4 is 11.7 Å². The Hall–Kier alpha value is -2.11. The van der Waals surface area contributed by atoms with E-state index in [1.807, 2.05) is 0 Å². The fourth-order valence-electron chi connectivity index (χ4n) is 1.19. The van der Waals surface area contributed by atoms with Gasteiger partial charge in [0.2, 0.25) is 0 Å². The first kappa shape index (κ1) is 12.0. The molecule has 1 aromatic carbocycles. The van der Waals surface area contributed by atoms with Crippen molar-refractivity contribution in [3.05, 3.63) is 34.4 Å². The van der Waals surface area contributed by atoms with Gasteiger partial charge in [0.1, 0.15) is 11.9 Å². The number of nitro groups is 1. The van der Waals surface area contributed by atoms with Gasteiger partial charge in [-0.15, -0.1) is 0 Å². The SMILES string of the molecule is C[C@@H](CC(=O)O)Oc1cccc([N+](=O)[O-])c1. The number of hydrogen-bond acceptors (Lipinski definition) is 4. The second-order valence-corrected chi connectivity index (χ2v) is 3.28. The lowest BCUT2D eigenvalue weighted by atomic mass is 10.2. The molecular formula is C10H11NO5. The van der Waals surface area contributed by atoms with Crippen LogP contribution in [0.25, 0.3) is 0 Å². The van der Waals surface area contributed by atoms with Crippen molar-refractivity contribution in [3.8, 4) is 5.75 Å². The van der Waals surface area contributed by atoms with Crippen molar-refractivity contribution in [2.24, 2.45) is 0 Å². The summed E-state index contributed by atoms with van der Waals surface area (Å²) < 4.78 is 5.23. The topological polar surface area (TPSA) is 89.7 Å². The van der Waals surface area contributed by atoms with Gasteiger partial charge in [-0.3, -0.25) is 14.9 Å². The maximum Gasteiger partial charge on any atom is 0.307 e. The lowest BCUT2D eigenvalue weighted by Gasteiger charge is -2.11. The van der Waals surface area contributed by atoms with E-state index < -0.39 is 17.0 Å². The lowest BCUT2D eigenvalue weighted by molar-refractivity contribution is -0.384. The van der Waals surface area contributed by atoms with E-state index in [1.54, 1.807) is 13.0 Å². The van der Waals surface area contributed by atoms with Crippen LogP contribution in [0.5, 0.6) is 5.75 Å². The molecule has 0 fully saturated rings. The van der Waals surface area contributed by atoms with E-state index in [2.05, 4.69) is 0 Å². The first-order valence-corrected chi connectivity index (χ1v) is 4.62. The molecule has 1 N–H and O–H groups in total. The summed E-state index contributed by atoms with van der Waals surface area (Å²) in [6.45, 7) is 1.59. The number of nitro benzene ring substituents is 1. The smallest absolute Gasteiger partial charge is 0.307 e. The van der Waals surface area contributed by atoms with E-state index >= 15 is 0 Å². The molecule has 0 aliphatic rings. The van der Waals surface area contributed by atoms with Gasteiger partial charge in [0.15, 0.2) is 0 Å². The molecule has 0 aliphatic carbocycles. The monoisotopic (exact) mass is 225 g/mol. The predicted molar refractivity (Wildman–Crippen MR) is 55.4 cm³/mol. The second-order valence-electron chi connectivity index (χ2n) is 3.28. The van der Waals surface area contributed by atoms with Crippen molar-refractivity contribution in [3.63, 3.8) is 0 Å². The van der Waals surface area contributed by atoms with Crippen LogP contribution < -0.4 is 4.74 Å². The molecule has 0 saturated heterocycles. The Morgan fingerprint density at radius 1 is 1.62 bits per heavy atom. The van der Waals surface area contributed by atoms with Gasteiger partial charge in [0, 0.05) is 6.07 Å². The fraction of sp³-hybridized carbons (Fsp3) is 0.300. The van der Waals surface area contributed by atoms with Gasteiger partial charge in [-0.25, -0.2) is 0 Å².